The fourth-order valence-electron chi connectivity index (χ4n) is 3.34. The van der Waals surface area contributed by atoms with Crippen LogP contribution in [0.4, 0.5) is 5.69 Å². The summed E-state index contributed by atoms with van der Waals surface area (Å²) in [5, 5.41) is 12.9. The number of carbonyl (C=O) groups excluding carboxylic acids is 1. The van der Waals surface area contributed by atoms with Gasteiger partial charge in [0, 0.05) is 16.8 Å². The molecule has 20 heavy (non-hydrogen) atoms. The standard InChI is InChI=1S/C15H19ClN2O2/c1-10(9-19)18-6-4-15(5-7-18)12-8-11(16)2-3-13(12)17-14(15)20/h2-3,8,10,19H,4-7,9H2,1H3,(H,17,20). The van der Waals surface area contributed by atoms with Crippen molar-refractivity contribution < 1.29 is 9.90 Å². The van der Waals surface area contributed by atoms with Crippen molar-refractivity contribution in [2.45, 2.75) is 31.2 Å². The lowest BCUT2D eigenvalue weighted by atomic mass is 9.73. The second kappa shape index (κ2) is 5.02. The van der Waals surface area contributed by atoms with Crippen LogP contribution in [0.15, 0.2) is 18.2 Å². The Morgan fingerprint density at radius 1 is 1.45 bits per heavy atom. The fourth-order valence-corrected chi connectivity index (χ4v) is 3.52. The molecule has 2 aliphatic rings. The normalized spacial score (nSPS) is 22.6. The van der Waals surface area contributed by atoms with Gasteiger partial charge in [0.25, 0.3) is 0 Å². The molecule has 1 amide bonds. The molecule has 0 aromatic heterocycles. The number of likely N-dealkylation sites (tertiary alicyclic amines) is 1. The quantitative estimate of drug-likeness (QED) is 0.877. The maximum absolute atomic E-state index is 12.4. The summed E-state index contributed by atoms with van der Waals surface area (Å²) in [6.07, 6.45) is 1.55. The second-order valence-electron chi connectivity index (χ2n) is 5.79. The van der Waals surface area contributed by atoms with Crippen LogP contribution < -0.4 is 5.32 Å². The molecule has 0 bridgehead atoms. The Bertz CT molecular complexity index is 539. The van der Waals surface area contributed by atoms with E-state index in [1.54, 1.807) is 0 Å². The predicted octanol–water partition coefficient (Wildman–Crippen LogP) is 2.01. The summed E-state index contributed by atoms with van der Waals surface area (Å²) in [6.45, 7) is 3.81. The van der Waals surface area contributed by atoms with Crippen LogP contribution in [0, 0.1) is 0 Å². The second-order valence-corrected chi connectivity index (χ2v) is 6.23. The summed E-state index contributed by atoms with van der Waals surface area (Å²) in [6, 6.07) is 5.76. The Labute approximate surface area is 123 Å². The molecular formula is C15H19ClN2O2. The minimum absolute atomic E-state index is 0.0890. The minimum atomic E-state index is -0.439. The first-order chi connectivity index (χ1) is 9.56. The van der Waals surface area contributed by atoms with Gasteiger partial charge in [-0.05, 0) is 56.6 Å². The first-order valence-corrected chi connectivity index (χ1v) is 7.41. The molecular weight excluding hydrogens is 276 g/mol. The number of anilines is 1. The molecule has 1 atom stereocenters. The number of hydrogen-bond donors (Lipinski definition) is 2. The molecule has 1 aromatic carbocycles. The number of nitrogens with zero attached hydrogens (tertiary/aromatic N) is 1. The lowest BCUT2D eigenvalue weighted by Gasteiger charge is -2.40. The number of benzene rings is 1. The Hall–Kier alpha value is -1.10. The van der Waals surface area contributed by atoms with Crippen LogP contribution in [0.5, 0.6) is 0 Å². The molecule has 5 heteroatoms. The van der Waals surface area contributed by atoms with Gasteiger partial charge < -0.3 is 10.4 Å². The molecule has 3 rings (SSSR count). The number of fused-ring (bicyclic) bond motifs is 2. The van der Waals surface area contributed by atoms with Gasteiger partial charge in [0.15, 0.2) is 0 Å². The molecule has 0 aliphatic carbocycles. The van der Waals surface area contributed by atoms with Crippen LogP contribution in [0.1, 0.15) is 25.3 Å². The topological polar surface area (TPSA) is 52.6 Å². The average molecular weight is 295 g/mol. The van der Waals surface area contributed by atoms with E-state index < -0.39 is 5.41 Å². The summed E-state index contributed by atoms with van der Waals surface area (Å²) >= 11 is 6.09. The maximum Gasteiger partial charge on any atom is 0.235 e. The SMILES string of the molecule is CC(CO)N1CCC2(CC1)C(=O)Nc1ccc(Cl)cc12. The maximum atomic E-state index is 12.4. The molecule has 2 N–H and O–H groups in total. The van der Waals surface area contributed by atoms with Crippen molar-refractivity contribution in [3.05, 3.63) is 28.8 Å². The molecule has 0 radical (unpaired) electrons. The number of rotatable bonds is 2. The number of aliphatic hydroxyl groups is 1. The van der Waals surface area contributed by atoms with Gasteiger partial charge in [-0.1, -0.05) is 11.6 Å². The number of piperidine rings is 1. The average Bonchev–Trinajstić information content (AvgIpc) is 2.72. The molecule has 1 fully saturated rings. The number of halogens is 1. The van der Waals surface area contributed by atoms with Crippen molar-refractivity contribution in [1.29, 1.82) is 0 Å². The third-order valence-corrected chi connectivity index (χ3v) is 4.95. The Balaban J connectivity index is 1.88. The summed E-state index contributed by atoms with van der Waals surface area (Å²) in [7, 11) is 0. The number of aliphatic hydroxyl groups excluding tert-OH is 1. The van der Waals surface area contributed by atoms with Gasteiger partial charge in [0.05, 0.1) is 12.0 Å². The highest BCUT2D eigenvalue weighted by atomic mass is 35.5. The monoisotopic (exact) mass is 294 g/mol. The lowest BCUT2D eigenvalue weighted by Crippen LogP contribution is -2.49. The summed E-state index contributed by atoms with van der Waals surface area (Å²) in [4.78, 5) is 14.7. The number of nitrogens with one attached hydrogen (secondary N) is 1. The highest BCUT2D eigenvalue weighted by Crippen LogP contribution is 2.45. The molecule has 2 aliphatic heterocycles. The summed E-state index contributed by atoms with van der Waals surface area (Å²) < 4.78 is 0. The van der Waals surface area contributed by atoms with Crippen LogP contribution in [-0.4, -0.2) is 41.7 Å². The molecule has 1 unspecified atom stereocenters. The van der Waals surface area contributed by atoms with E-state index in [2.05, 4.69) is 10.2 Å². The molecule has 108 valence electrons. The Morgan fingerprint density at radius 2 is 2.15 bits per heavy atom. The fraction of sp³-hybridized carbons (Fsp3) is 0.533. The summed E-state index contributed by atoms with van der Waals surface area (Å²) in [5.74, 6) is 0.0890. The van der Waals surface area contributed by atoms with Crippen molar-refractivity contribution in [2.75, 3.05) is 25.0 Å². The van der Waals surface area contributed by atoms with E-state index in [1.807, 2.05) is 25.1 Å². The van der Waals surface area contributed by atoms with Gasteiger partial charge in [0.2, 0.25) is 5.91 Å². The number of amides is 1. The third kappa shape index (κ3) is 2.03. The lowest BCUT2D eigenvalue weighted by molar-refractivity contribution is -0.122. The van der Waals surface area contributed by atoms with Gasteiger partial charge in [-0.2, -0.15) is 0 Å². The minimum Gasteiger partial charge on any atom is -0.395 e. The van der Waals surface area contributed by atoms with Gasteiger partial charge >= 0.3 is 0 Å². The van der Waals surface area contributed by atoms with Crippen LogP contribution in [0.25, 0.3) is 0 Å². The highest BCUT2D eigenvalue weighted by molar-refractivity contribution is 6.31. The number of carbonyl (C=O) groups is 1. The molecule has 2 heterocycles. The van der Waals surface area contributed by atoms with Gasteiger partial charge in [-0.15, -0.1) is 0 Å². The van der Waals surface area contributed by atoms with Gasteiger partial charge in [-0.3, -0.25) is 9.69 Å². The Kier molecular flexibility index (Phi) is 3.48. The van der Waals surface area contributed by atoms with E-state index >= 15 is 0 Å². The highest BCUT2D eigenvalue weighted by Gasteiger charge is 2.48. The van der Waals surface area contributed by atoms with E-state index in [-0.39, 0.29) is 18.6 Å². The van der Waals surface area contributed by atoms with Gasteiger partial charge in [0.1, 0.15) is 0 Å². The van der Waals surface area contributed by atoms with Crippen LogP contribution in [0.3, 0.4) is 0 Å². The zero-order valence-electron chi connectivity index (χ0n) is 11.5. The molecule has 1 saturated heterocycles. The van der Waals surface area contributed by atoms with E-state index in [0.717, 1.165) is 37.2 Å². The number of hydrogen-bond acceptors (Lipinski definition) is 3. The Morgan fingerprint density at radius 3 is 2.80 bits per heavy atom. The molecule has 1 aromatic rings. The van der Waals surface area contributed by atoms with Crippen molar-refractivity contribution in [1.82, 2.24) is 4.90 Å². The first kappa shape index (κ1) is 13.9. The van der Waals surface area contributed by atoms with Gasteiger partial charge in [-0.25, -0.2) is 0 Å². The summed E-state index contributed by atoms with van der Waals surface area (Å²) in [5.41, 5.74) is 1.49. The van der Waals surface area contributed by atoms with Crippen molar-refractivity contribution in [3.8, 4) is 0 Å². The predicted molar refractivity (Wildman–Crippen MR) is 79.1 cm³/mol. The zero-order valence-corrected chi connectivity index (χ0v) is 12.3. The largest absolute Gasteiger partial charge is 0.395 e. The van der Waals surface area contributed by atoms with Crippen molar-refractivity contribution in [2.24, 2.45) is 0 Å². The van der Waals surface area contributed by atoms with Crippen molar-refractivity contribution in [3.63, 3.8) is 0 Å². The van der Waals surface area contributed by atoms with E-state index in [9.17, 15) is 9.90 Å². The third-order valence-electron chi connectivity index (χ3n) is 4.72. The molecule has 4 nitrogen and oxygen atoms in total. The van der Waals surface area contributed by atoms with Crippen LogP contribution in [-0.2, 0) is 10.2 Å². The molecule has 1 spiro atoms. The molecule has 0 saturated carbocycles. The van der Waals surface area contributed by atoms with Crippen LogP contribution in [0.2, 0.25) is 5.02 Å². The zero-order chi connectivity index (χ0) is 14.3. The van der Waals surface area contributed by atoms with E-state index in [4.69, 9.17) is 11.6 Å². The first-order valence-electron chi connectivity index (χ1n) is 7.03. The van der Waals surface area contributed by atoms with E-state index in [0.29, 0.717) is 5.02 Å². The smallest absolute Gasteiger partial charge is 0.235 e. The van der Waals surface area contributed by atoms with E-state index in [1.165, 1.54) is 0 Å². The van der Waals surface area contributed by atoms with Crippen LogP contribution >= 0.6 is 11.6 Å². The van der Waals surface area contributed by atoms with Crippen molar-refractivity contribution >= 4 is 23.2 Å².